The Balaban J connectivity index is 2.40. The number of benzene rings is 1. The van der Waals surface area contributed by atoms with Crippen LogP contribution in [0.4, 0.5) is 0 Å². The van der Waals surface area contributed by atoms with Crippen LogP contribution in [0.15, 0.2) is 24.3 Å². The Morgan fingerprint density at radius 2 is 1.71 bits per heavy atom. The first-order chi connectivity index (χ1) is 7.99. The first kappa shape index (κ1) is 12.3. The molecule has 2 aromatic rings. The molecule has 1 aromatic heterocycles. The van der Waals surface area contributed by atoms with E-state index in [1.807, 2.05) is 6.07 Å². The highest BCUT2D eigenvalue weighted by atomic mass is 32.1. The standard InChI is InChI=1S/C15H18OS/c1-9-5-6-13(7-10(9)2)15(16)14-8-11(3)17-12(14)4/h5-8,15-16H,1-4H3. The van der Waals surface area contributed by atoms with Crippen LogP contribution in [0, 0.1) is 27.7 Å². The van der Waals surface area contributed by atoms with E-state index >= 15 is 0 Å². The molecule has 1 atom stereocenters. The van der Waals surface area contributed by atoms with Crippen molar-refractivity contribution in [2.45, 2.75) is 33.8 Å². The molecule has 1 aromatic carbocycles. The minimum Gasteiger partial charge on any atom is -0.384 e. The molecule has 0 radical (unpaired) electrons. The van der Waals surface area contributed by atoms with Crippen molar-refractivity contribution >= 4 is 11.3 Å². The summed E-state index contributed by atoms with van der Waals surface area (Å²) in [4.78, 5) is 2.45. The maximum atomic E-state index is 10.4. The molecule has 0 spiro atoms. The topological polar surface area (TPSA) is 20.2 Å². The second kappa shape index (κ2) is 4.63. The van der Waals surface area contributed by atoms with Crippen LogP contribution < -0.4 is 0 Å². The molecule has 0 aliphatic heterocycles. The van der Waals surface area contributed by atoms with E-state index in [9.17, 15) is 5.11 Å². The lowest BCUT2D eigenvalue weighted by molar-refractivity contribution is 0.220. The molecule has 0 saturated heterocycles. The van der Waals surface area contributed by atoms with Gasteiger partial charge in [0.1, 0.15) is 6.10 Å². The second-order valence-electron chi connectivity index (χ2n) is 4.61. The molecule has 0 aliphatic rings. The first-order valence-electron chi connectivity index (χ1n) is 5.81. The first-order valence-corrected chi connectivity index (χ1v) is 6.63. The van der Waals surface area contributed by atoms with Crippen LogP contribution in [0.1, 0.15) is 38.1 Å². The second-order valence-corrected chi connectivity index (χ2v) is 6.08. The largest absolute Gasteiger partial charge is 0.384 e. The number of rotatable bonds is 2. The van der Waals surface area contributed by atoms with Gasteiger partial charge in [0.2, 0.25) is 0 Å². The van der Waals surface area contributed by atoms with Gasteiger partial charge in [-0.3, -0.25) is 0 Å². The Hall–Kier alpha value is -1.12. The third-order valence-electron chi connectivity index (χ3n) is 3.22. The Bertz CT molecular complexity index is 540. The predicted molar refractivity (Wildman–Crippen MR) is 73.8 cm³/mol. The van der Waals surface area contributed by atoms with Gasteiger partial charge in [0, 0.05) is 9.75 Å². The van der Waals surface area contributed by atoms with Crippen molar-refractivity contribution in [1.82, 2.24) is 0 Å². The van der Waals surface area contributed by atoms with Crippen molar-refractivity contribution in [1.29, 1.82) is 0 Å². The van der Waals surface area contributed by atoms with Gasteiger partial charge in [-0.15, -0.1) is 11.3 Å². The molecule has 2 heteroatoms. The quantitative estimate of drug-likeness (QED) is 0.847. The van der Waals surface area contributed by atoms with Crippen LogP contribution in [0.3, 0.4) is 0 Å². The average Bonchev–Trinajstić information content (AvgIpc) is 2.61. The molecule has 0 aliphatic carbocycles. The lowest BCUT2D eigenvalue weighted by atomic mass is 9.98. The van der Waals surface area contributed by atoms with Gasteiger partial charge in [-0.05, 0) is 56.0 Å². The number of hydrogen-bond acceptors (Lipinski definition) is 2. The highest BCUT2D eigenvalue weighted by Crippen LogP contribution is 2.31. The number of aliphatic hydroxyl groups excluding tert-OH is 1. The van der Waals surface area contributed by atoms with E-state index in [2.05, 4.69) is 45.9 Å². The molecule has 90 valence electrons. The van der Waals surface area contributed by atoms with E-state index in [0.717, 1.165) is 11.1 Å². The van der Waals surface area contributed by atoms with Crippen LogP contribution >= 0.6 is 11.3 Å². The van der Waals surface area contributed by atoms with Crippen LogP contribution in [0.2, 0.25) is 0 Å². The van der Waals surface area contributed by atoms with Gasteiger partial charge in [-0.2, -0.15) is 0 Å². The maximum Gasteiger partial charge on any atom is 0.105 e. The molecule has 1 N–H and O–H groups in total. The van der Waals surface area contributed by atoms with Gasteiger partial charge in [-0.1, -0.05) is 18.2 Å². The summed E-state index contributed by atoms with van der Waals surface area (Å²) < 4.78 is 0. The summed E-state index contributed by atoms with van der Waals surface area (Å²) in [7, 11) is 0. The molecule has 1 nitrogen and oxygen atoms in total. The Morgan fingerprint density at radius 1 is 1.00 bits per heavy atom. The van der Waals surface area contributed by atoms with Crippen molar-refractivity contribution in [3.05, 3.63) is 56.3 Å². The molecular formula is C15H18OS. The molecule has 2 rings (SSSR count). The highest BCUT2D eigenvalue weighted by Gasteiger charge is 2.15. The molecule has 1 unspecified atom stereocenters. The minimum atomic E-state index is -0.501. The van der Waals surface area contributed by atoms with Crippen molar-refractivity contribution in [3.8, 4) is 0 Å². The number of hydrogen-bond donors (Lipinski definition) is 1. The summed E-state index contributed by atoms with van der Waals surface area (Å²) in [5, 5.41) is 10.4. The molecule has 0 amide bonds. The Labute approximate surface area is 107 Å². The summed E-state index contributed by atoms with van der Waals surface area (Å²) in [5.74, 6) is 0. The molecule has 0 fully saturated rings. The zero-order valence-corrected chi connectivity index (χ0v) is 11.6. The average molecular weight is 246 g/mol. The van der Waals surface area contributed by atoms with E-state index in [4.69, 9.17) is 0 Å². The normalized spacial score (nSPS) is 12.8. The minimum absolute atomic E-state index is 0.501. The maximum absolute atomic E-state index is 10.4. The fourth-order valence-corrected chi connectivity index (χ4v) is 2.99. The van der Waals surface area contributed by atoms with E-state index < -0.39 is 6.10 Å². The smallest absolute Gasteiger partial charge is 0.105 e. The zero-order valence-electron chi connectivity index (χ0n) is 10.7. The lowest BCUT2D eigenvalue weighted by Crippen LogP contribution is -2.00. The van der Waals surface area contributed by atoms with Crippen molar-refractivity contribution < 1.29 is 5.11 Å². The summed E-state index contributed by atoms with van der Waals surface area (Å²) in [5.41, 5.74) is 4.51. The van der Waals surface area contributed by atoms with E-state index in [-0.39, 0.29) is 0 Å². The zero-order chi connectivity index (χ0) is 12.6. The van der Waals surface area contributed by atoms with Crippen molar-refractivity contribution in [2.75, 3.05) is 0 Å². The Morgan fingerprint density at radius 3 is 2.24 bits per heavy atom. The predicted octanol–water partition coefficient (Wildman–Crippen LogP) is 4.06. The van der Waals surface area contributed by atoms with Crippen LogP contribution in [0.5, 0.6) is 0 Å². The van der Waals surface area contributed by atoms with Crippen molar-refractivity contribution in [3.63, 3.8) is 0 Å². The van der Waals surface area contributed by atoms with Crippen LogP contribution in [-0.4, -0.2) is 5.11 Å². The number of aryl methyl sites for hydroxylation is 4. The summed E-state index contributed by atoms with van der Waals surface area (Å²) >= 11 is 1.74. The molecule has 0 saturated carbocycles. The Kier molecular flexibility index (Phi) is 3.36. The van der Waals surface area contributed by atoms with Gasteiger partial charge in [0.25, 0.3) is 0 Å². The number of aliphatic hydroxyl groups is 1. The summed E-state index contributed by atoms with van der Waals surface area (Å²) in [6.07, 6.45) is -0.501. The van der Waals surface area contributed by atoms with Gasteiger partial charge >= 0.3 is 0 Å². The van der Waals surface area contributed by atoms with Gasteiger partial charge in [0.05, 0.1) is 0 Å². The summed E-state index contributed by atoms with van der Waals surface area (Å²) in [6.45, 7) is 8.31. The SMILES string of the molecule is Cc1cc(C(O)c2ccc(C)c(C)c2)c(C)s1. The fraction of sp³-hybridized carbons (Fsp3) is 0.333. The van der Waals surface area contributed by atoms with Gasteiger partial charge in [-0.25, -0.2) is 0 Å². The molecule has 17 heavy (non-hydrogen) atoms. The van der Waals surface area contributed by atoms with E-state index in [1.165, 1.54) is 20.9 Å². The van der Waals surface area contributed by atoms with E-state index in [1.54, 1.807) is 11.3 Å². The fourth-order valence-electron chi connectivity index (χ4n) is 2.04. The van der Waals surface area contributed by atoms with E-state index in [0.29, 0.717) is 0 Å². The third-order valence-corrected chi connectivity index (χ3v) is 4.20. The third kappa shape index (κ3) is 2.43. The molecule has 0 bridgehead atoms. The highest BCUT2D eigenvalue weighted by molar-refractivity contribution is 7.12. The van der Waals surface area contributed by atoms with Gasteiger partial charge < -0.3 is 5.11 Å². The van der Waals surface area contributed by atoms with Gasteiger partial charge in [0.15, 0.2) is 0 Å². The summed E-state index contributed by atoms with van der Waals surface area (Å²) in [6, 6.07) is 8.24. The van der Waals surface area contributed by atoms with Crippen molar-refractivity contribution in [2.24, 2.45) is 0 Å². The van der Waals surface area contributed by atoms with Crippen LogP contribution in [0.25, 0.3) is 0 Å². The van der Waals surface area contributed by atoms with Crippen LogP contribution in [-0.2, 0) is 0 Å². The molecule has 1 heterocycles. The monoisotopic (exact) mass is 246 g/mol. The lowest BCUT2D eigenvalue weighted by Gasteiger charge is -2.12. The number of thiophene rings is 1. The molecular weight excluding hydrogens is 228 g/mol.